The molecule has 0 aromatic carbocycles. The molecule has 2 heteroatoms. The third-order valence-electron chi connectivity index (χ3n) is 2.30. The minimum atomic E-state index is 0.406. The van der Waals surface area contributed by atoms with Crippen LogP contribution in [0.1, 0.15) is 19.8 Å². The molecule has 0 radical (unpaired) electrons. The van der Waals surface area contributed by atoms with E-state index in [1.807, 2.05) is 0 Å². The topological polar surface area (TPSA) is 18.5 Å². The highest BCUT2D eigenvalue weighted by Gasteiger charge is 2.19. The molecule has 1 rings (SSSR count). The van der Waals surface area contributed by atoms with E-state index < -0.39 is 0 Å². The molecule has 0 aliphatic carbocycles. The van der Waals surface area contributed by atoms with Crippen molar-refractivity contribution in [2.45, 2.75) is 25.9 Å². The second-order valence-electron chi connectivity index (χ2n) is 2.89. The van der Waals surface area contributed by atoms with Gasteiger partial charge in [0.05, 0.1) is 6.10 Å². The van der Waals surface area contributed by atoms with E-state index in [9.17, 15) is 0 Å². The average Bonchev–Trinajstić information content (AvgIpc) is 2.05. The van der Waals surface area contributed by atoms with Gasteiger partial charge in [0.15, 0.2) is 0 Å². The van der Waals surface area contributed by atoms with Crippen LogP contribution in [0.3, 0.4) is 0 Å². The van der Waals surface area contributed by atoms with Crippen LogP contribution in [-0.2, 0) is 9.47 Å². The molecule has 0 unspecified atom stereocenters. The Morgan fingerprint density at radius 3 is 2.50 bits per heavy atom. The minimum absolute atomic E-state index is 0.406. The Morgan fingerprint density at radius 2 is 2.00 bits per heavy atom. The first-order valence-corrected chi connectivity index (χ1v) is 3.95. The zero-order valence-electron chi connectivity index (χ0n) is 6.80. The Kier molecular flexibility index (Phi) is 3.16. The molecule has 1 aliphatic rings. The van der Waals surface area contributed by atoms with Gasteiger partial charge in [-0.1, -0.05) is 0 Å². The number of hydrogen-bond acceptors (Lipinski definition) is 2. The van der Waals surface area contributed by atoms with Crippen molar-refractivity contribution in [3.8, 4) is 0 Å². The molecule has 0 aromatic rings. The first-order chi connectivity index (χ1) is 4.84. The van der Waals surface area contributed by atoms with Crippen LogP contribution < -0.4 is 0 Å². The summed E-state index contributed by atoms with van der Waals surface area (Å²) in [6.07, 6.45) is 2.73. The van der Waals surface area contributed by atoms with Crippen LogP contribution in [0, 0.1) is 5.92 Å². The fraction of sp³-hybridized carbons (Fsp3) is 1.00. The summed E-state index contributed by atoms with van der Waals surface area (Å²) < 4.78 is 10.5. The molecular weight excluding hydrogens is 128 g/mol. The maximum absolute atomic E-state index is 5.24. The Labute approximate surface area is 62.5 Å². The van der Waals surface area contributed by atoms with E-state index >= 15 is 0 Å². The highest BCUT2D eigenvalue weighted by molar-refractivity contribution is 4.68. The van der Waals surface area contributed by atoms with Crippen molar-refractivity contribution < 1.29 is 9.47 Å². The van der Waals surface area contributed by atoms with Crippen LogP contribution in [0.25, 0.3) is 0 Å². The molecule has 2 nitrogen and oxygen atoms in total. The molecular formula is C8H16O2. The summed E-state index contributed by atoms with van der Waals surface area (Å²) in [5.74, 6) is 0.721. The van der Waals surface area contributed by atoms with Crippen molar-refractivity contribution in [3.63, 3.8) is 0 Å². The largest absolute Gasteiger partial charge is 0.381 e. The Balaban J connectivity index is 2.24. The van der Waals surface area contributed by atoms with Gasteiger partial charge in [-0.05, 0) is 25.7 Å². The lowest BCUT2D eigenvalue weighted by atomic mass is 9.95. The molecule has 0 bridgehead atoms. The summed E-state index contributed by atoms with van der Waals surface area (Å²) in [5.41, 5.74) is 0. The molecule has 10 heavy (non-hydrogen) atoms. The average molecular weight is 144 g/mol. The number of hydrogen-bond donors (Lipinski definition) is 0. The molecule has 1 heterocycles. The molecule has 60 valence electrons. The zero-order valence-corrected chi connectivity index (χ0v) is 6.80. The van der Waals surface area contributed by atoms with Crippen LogP contribution in [0.5, 0.6) is 0 Å². The Hall–Kier alpha value is -0.0800. The van der Waals surface area contributed by atoms with Gasteiger partial charge in [-0.3, -0.25) is 0 Å². The molecule has 1 saturated heterocycles. The van der Waals surface area contributed by atoms with E-state index in [-0.39, 0.29) is 0 Å². The van der Waals surface area contributed by atoms with E-state index in [1.54, 1.807) is 7.11 Å². The molecule has 0 saturated carbocycles. The van der Waals surface area contributed by atoms with Gasteiger partial charge in [0, 0.05) is 20.3 Å². The first-order valence-electron chi connectivity index (χ1n) is 3.95. The van der Waals surface area contributed by atoms with E-state index in [0.29, 0.717) is 6.10 Å². The molecule has 0 amide bonds. The predicted molar refractivity (Wildman–Crippen MR) is 40.0 cm³/mol. The highest BCUT2D eigenvalue weighted by Crippen LogP contribution is 2.19. The lowest BCUT2D eigenvalue weighted by molar-refractivity contribution is -0.00462. The van der Waals surface area contributed by atoms with E-state index in [1.165, 1.54) is 0 Å². The van der Waals surface area contributed by atoms with E-state index in [4.69, 9.17) is 9.47 Å². The van der Waals surface area contributed by atoms with E-state index in [2.05, 4.69) is 6.92 Å². The number of methoxy groups -OCH3 is 1. The summed E-state index contributed by atoms with van der Waals surface area (Å²) in [6.45, 7) is 3.96. The smallest absolute Gasteiger partial charge is 0.0573 e. The third-order valence-corrected chi connectivity index (χ3v) is 2.30. The summed E-state index contributed by atoms with van der Waals surface area (Å²) in [7, 11) is 1.78. The molecule has 1 fully saturated rings. The molecule has 0 aromatic heterocycles. The van der Waals surface area contributed by atoms with Crippen molar-refractivity contribution in [2.75, 3.05) is 20.3 Å². The molecule has 0 N–H and O–H groups in total. The summed E-state index contributed by atoms with van der Waals surface area (Å²) in [5, 5.41) is 0. The summed E-state index contributed by atoms with van der Waals surface area (Å²) >= 11 is 0. The standard InChI is InChI=1S/C8H16O2/c1-7(9-2)8-3-5-10-6-4-8/h7-8H,3-6H2,1-2H3/t7-/m0/s1. The first kappa shape index (κ1) is 8.02. The normalized spacial score (nSPS) is 24.6. The Morgan fingerprint density at radius 1 is 1.40 bits per heavy atom. The van der Waals surface area contributed by atoms with Crippen LogP contribution in [0.15, 0.2) is 0 Å². The second kappa shape index (κ2) is 3.94. The van der Waals surface area contributed by atoms with Crippen molar-refractivity contribution >= 4 is 0 Å². The summed E-state index contributed by atoms with van der Waals surface area (Å²) in [4.78, 5) is 0. The highest BCUT2D eigenvalue weighted by atomic mass is 16.5. The molecule has 0 spiro atoms. The van der Waals surface area contributed by atoms with Crippen molar-refractivity contribution in [1.82, 2.24) is 0 Å². The molecule has 1 atom stereocenters. The van der Waals surface area contributed by atoms with Gasteiger partial charge in [-0.2, -0.15) is 0 Å². The van der Waals surface area contributed by atoms with Gasteiger partial charge < -0.3 is 9.47 Å². The Bertz CT molecular complexity index is 87.3. The maximum atomic E-state index is 5.24. The van der Waals surface area contributed by atoms with Gasteiger partial charge in [-0.25, -0.2) is 0 Å². The molecule has 1 aliphatic heterocycles. The van der Waals surface area contributed by atoms with Crippen LogP contribution in [0.4, 0.5) is 0 Å². The fourth-order valence-electron chi connectivity index (χ4n) is 1.38. The van der Waals surface area contributed by atoms with Crippen LogP contribution >= 0.6 is 0 Å². The number of ether oxygens (including phenoxy) is 2. The van der Waals surface area contributed by atoms with Gasteiger partial charge in [-0.15, -0.1) is 0 Å². The van der Waals surface area contributed by atoms with E-state index in [0.717, 1.165) is 32.0 Å². The lowest BCUT2D eigenvalue weighted by Gasteiger charge is -2.26. The zero-order chi connectivity index (χ0) is 7.40. The van der Waals surface area contributed by atoms with Crippen molar-refractivity contribution in [1.29, 1.82) is 0 Å². The van der Waals surface area contributed by atoms with Crippen molar-refractivity contribution in [3.05, 3.63) is 0 Å². The fourth-order valence-corrected chi connectivity index (χ4v) is 1.38. The van der Waals surface area contributed by atoms with Gasteiger partial charge >= 0.3 is 0 Å². The SMILES string of the molecule is CO[C@@H](C)C1CCOCC1. The summed E-state index contributed by atoms with van der Waals surface area (Å²) in [6, 6.07) is 0. The maximum Gasteiger partial charge on any atom is 0.0573 e. The van der Waals surface area contributed by atoms with Crippen molar-refractivity contribution in [2.24, 2.45) is 5.92 Å². The van der Waals surface area contributed by atoms with Gasteiger partial charge in [0.1, 0.15) is 0 Å². The van der Waals surface area contributed by atoms with Gasteiger partial charge in [0.2, 0.25) is 0 Å². The quantitative estimate of drug-likeness (QED) is 0.584. The van der Waals surface area contributed by atoms with Crippen LogP contribution in [-0.4, -0.2) is 26.4 Å². The lowest BCUT2D eigenvalue weighted by Crippen LogP contribution is -2.26. The van der Waals surface area contributed by atoms with Crippen LogP contribution in [0.2, 0.25) is 0 Å². The number of rotatable bonds is 2. The predicted octanol–water partition coefficient (Wildman–Crippen LogP) is 1.45. The minimum Gasteiger partial charge on any atom is -0.381 e. The van der Waals surface area contributed by atoms with Gasteiger partial charge in [0.25, 0.3) is 0 Å². The second-order valence-corrected chi connectivity index (χ2v) is 2.89. The monoisotopic (exact) mass is 144 g/mol. The third kappa shape index (κ3) is 1.96.